The summed E-state index contributed by atoms with van der Waals surface area (Å²) >= 11 is 0. The number of hydrogen-bond acceptors (Lipinski definition) is 4. The number of nitrogens with one attached hydrogen (secondary N) is 2. The Morgan fingerprint density at radius 2 is 1.93 bits per heavy atom. The van der Waals surface area contributed by atoms with E-state index in [1.807, 2.05) is 20.8 Å². The van der Waals surface area contributed by atoms with Crippen LogP contribution in [0.3, 0.4) is 0 Å². The van der Waals surface area contributed by atoms with E-state index < -0.39 is 18.2 Å². The Morgan fingerprint density at radius 3 is 2.61 bits per heavy atom. The molecule has 1 fully saturated rings. The molecule has 0 unspecified atom stereocenters. The fraction of sp³-hybridized carbons (Fsp3) is 0.500. The highest BCUT2D eigenvalue weighted by atomic mass is 19.1. The number of hydrogen-bond donors (Lipinski definition) is 2. The van der Waals surface area contributed by atoms with Crippen LogP contribution in [0.5, 0.6) is 0 Å². The van der Waals surface area contributed by atoms with Crippen LogP contribution < -0.4 is 10.8 Å². The molecule has 0 aliphatic carbocycles. The summed E-state index contributed by atoms with van der Waals surface area (Å²) in [6.45, 7) is 6.94. The summed E-state index contributed by atoms with van der Waals surface area (Å²) in [5, 5.41) is 3.44. The van der Waals surface area contributed by atoms with Crippen molar-refractivity contribution < 1.29 is 23.2 Å². The SMILES string of the molecule is Cc1c([C@@H](NC(=O)NOC(=O)N2CCCCC2)C(C)C)oc2ccc(F)cc12. The summed E-state index contributed by atoms with van der Waals surface area (Å²) in [7, 11) is 0. The number of rotatable bonds is 3. The number of benzene rings is 1. The molecular formula is C20H26FN3O4. The molecular weight excluding hydrogens is 365 g/mol. The van der Waals surface area contributed by atoms with Gasteiger partial charge in [0.15, 0.2) is 0 Å². The molecule has 8 heteroatoms. The van der Waals surface area contributed by atoms with E-state index >= 15 is 0 Å². The molecule has 1 aliphatic rings. The molecule has 1 saturated heterocycles. The van der Waals surface area contributed by atoms with Crippen molar-refractivity contribution in [1.82, 2.24) is 15.7 Å². The van der Waals surface area contributed by atoms with Gasteiger partial charge < -0.3 is 19.5 Å². The minimum Gasteiger partial charge on any atom is -0.459 e. The van der Waals surface area contributed by atoms with E-state index in [0.29, 0.717) is 29.8 Å². The molecule has 7 nitrogen and oxygen atoms in total. The van der Waals surface area contributed by atoms with Crippen molar-refractivity contribution in [3.8, 4) is 0 Å². The molecule has 1 aromatic carbocycles. The number of fused-ring (bicyclic) bond motifs is 1. The second kappa shape index (κ2) is 8.50. The maximum absolute atomic E-state index is 13.6. The fourth-order valence-corrected chi connectivity index (χ4v) is 3.45. The van der Waals surface area contributed by atoms with Crippen LogP contribution in [-0.4, -0.2) is 30.1 Å². The smallest absolute Gasteiger partial charge is 0.434 e. The van der Waals surface area contributed by atoms with Crippen LogP contribution in [0.2, 0.25) is 0 Å². The first-order valence-electron chi connectivity index (χ1n) is 9.57. The monoisotopic (exact) mass is 391 g/mol. The van der Waals surface area contributed by atoms with Gasteiger partial charge in [0.2, 0.25) is 0 Å². The van der Waals surface area contributed by atoms with Crippen molar-refractivity contribution in [1.29, 1.82) is 0 Å². The average molecular weight is 391 g/mol. The number of piperidine rings is 1. The maximum atomic E-state index is 13.6. The number of hydroxylamine groups is 1. The van der Waals surface area contributed by atoms with Gasteiger partial charge in [-0.15, -0.1) is 0 Å². The molecule has 0 radical (unpaired) electrons. The zero-order valence-electron chi connectivity index (χ0n) is 16.4. The van der Waals surface area contributed by atoms with Gasteiger partial charge in [-0.25, -0.2) is 14.0 Å². The van der Waals surface area contributed by atoms with Gasteiger partial charge in [0.05, 0.1) is 6.04 Å². The zero-order valence-corrected chi connectivity index (χ0v) is 16.4. The van der Waals surface area contributed by atoms with Crippen LogP contribution in [0.1, 0.15) is 50.5 Å². The van der Waals surface area contributed by atoms with Gasteiger partial charge >= 0.3 is 12.1 Å². The predicted octanol–water partition coefficient (Wildman–Crippen LogP) is 4.41. The molecule has 1 aromatic heterocycles. The Balaban J connectivity index is 1.67. The lowest BCUT2D eigenvalue weighted by molar-refractivity contribution is 0.0602. The third-order valence-electron chi connectivity index (χ3n) is 5.02. The van der Waals surface area contributed by atoms with Gasteiger partial charge in [0.25, 0.3) is 0 Å². The second-order valence-electron chi connectivity index (χ2n) is 7.44. The number of aryl methyl sites for hydroxylation is 1. The number of urea groups is 1. The largest absolute Gasteiger partial charge is 0.459 e. The molecule has 0 spiro atoms. The van der Waals surface area contributed by atoms with E-state index in [2.05, 4.69) is 10.8 Å². The molecule has 1 aliphatic heterocycles. The summed E-state index contributed by atoms with van der Waals surface area (Å²) < 4.78 is 19.4. The molecule has 0 saturated carbocycles. The van der Waals surface area contributed by atoms with Crippen molar-refractivity contribution in [2.75, 3.05) is 13.1 Å². The average Bonchev–Trinajstić information content (AvgIpc) is 3.00. The van der Waals surface area contributed by atoms with Crippen LogP contribution in [0.25, 0.3) is 11.0 Å². The lowest BCUT2D eigenvalue weighted by Gasteiger charge is -2.26. The zero-order chi connectivity index (χ0) is 20.3. The molecule has 3 rings (SSSR count). The number of carbonyl (C=O) groups is 2. The lowest BCUT2D eigenvalue weighted by atomic mass is 9.98. The van der Waals surface area contributed by atoms with E-state index in [9.17, 15) is 14.0 Å². The normalized spacial score (nSPS) is 15.5. The standard InChI is InChI=1S/C20H26FN3O4/c1-12(2)17(18-13(3)15-11-14(21)7-8-16(15)27-18)22-19(25)23-28-20(26)24-9-5-4-6-10-24/h7-8,11-12,17H,4-6,9-10H2,1-3H3,(H2,22,23,25)/t17-/m0/s1. The first-order valence-corrected chi connectivity index (χ1v) is 9.57. The first kappa shape index (κ1) is 20.0. The summed E-state index contributed by atoms with van der Waals surface area (Å²) in [6.07, 6.45) is 2.39. The van der Waals surface area contributed by atoms with Crippen LogP contribution in [-0.2, 0) is 4.84 Å². The minimum atomic E-state index is -0.643. The number of amides is 3. The molecule has 3 amide bonds. The van der Waals surface area contributed by atoms with Gasteiger partial charge in [-0.1, -0.05) is 13.8 Å². The second-order valence-corrected chi connectivity index (χ2v) is 7.44. The van der Waals surface area contributed by atoms with Crippen LogP contribution >= 0.6 is 0 Å². The predicted molar refractivity (Wildman–Crippen MR) is 102 cm³/mol. The van der Waals surface area contributed by atoms with E-state index in [1.165, 1.54) is 12.1 Å². The molecule has 152 valence electrons. The third-order valence-corrected chi connectivity index (χ3v) is 5.02. The van der Waals surface area contributed by atoms with Crippen molar-refractivity contribution in [3.05, 3.63) is 35.3 Å². The quantitative estimate of drug-likeness (QED) is 0.759. The Hall–Kier alpha value is -2.77. The van der Waals surface area contributed by atoms with Gasteiger partial charge in [-0.3, -0.25) is 0 Å². The number of halogens is 1. The maximum Gasteiger partial charge on any atom is 0.434 e. The molecule has 1 atom stereocenters. The Morgan fingerprint density at radius 1 is 1.21 bits per heavy atom. The van der Waals surface area contributed by atoms with Crippen molar-refractivity contribution >= 4 is 23.1 Å². The Kier molecular flexibility index (Phi) is 6.06. The minimum absolute atomic E-state index is 0.00680. The molecule has 0 bridgehead atoms. The highest BCUT2D eigenvalue weighted by Gasteiger charge is 2.26. The summed E-state index contributed by atoms with van der Waals surface area (Å²) in [4.78, 5) is 30.8. The number of furan rings is 1. The van der Waals surface area contributed by atoms with E-state index in [0.717, 1.165) is 24.8 Å². The number of nitrogens with zero attached hydrogens (tertiary/aromatic N) is 1. The van der Waals surface area contributed by atoms with Crippen LogP contribution in [0.4, 0.5) is 14.0 Å². The third kappa shape index (κ3) is 4.37. The highest BCUT2D eigenvalue weighted by Crippen LogP contribution is 2.33. The highest BCUT2D eigenvalue weighted by molar-refractivity contribution is 5.83. The van der Waals surface area contributed by atoms with Crippen LogP contribution in [0, 0.1) is 18.7 Å². The topological polar surface area (TPSA) is 83.8 Å². The number of carbonyl (C=O) groups excluding carboxylic acids is 2. The van der Waals surface area contributed by atoms with E-state index in [4.69, 9.17) is 9.25 Å². The van der Waals surface area contributed by atoms with E-state index in [1.54, 1.807) is 11.0 Å². The number of likely N-dealkylation sites (tertiary alicyclic amines) is 1. The molecule has 28 heavy (non-hydrogen) atoms. The molecule has 2 heterocycles. The first-order chi connectivity index (χ1) is 13.4. The summed E-state index contributed by atoms with van der Waals surface area (Å²) in [5.74, 6) is 0.195. The van der Waals surface area contributed by atoms with Gasteiger partial charge in [0.1, 0.15) is 17.2 Å². The van der Waals surface area contributed by atoms with Gasteiger partial charge in [0, 0.05) is 24.0 Å². The summed E-state index contributed by atoms with van der Waals surface area (Å²) in [5.41, 5.74) is 3.47. The fourth-order valence-electron chi connectivity index (χ4n) is 3.45. The Labute approximate surface area is 163 Å². The molecule has 2 aromatic rings. The van der Waals surface area contributed by atoms with E-state index in [-0.39, 0.29) is 11.7 Å². The summed E-state index contributed by atoms with van der Waals surface area (Å²) in [6, 6.07) is 3.20. The Bertz CT molecular complexity index is 858. The van der Waals surface area contributed by atoms with Crippen molar-refractivity contribution in [2.45, 2.75) is 46.1 Å². The van der Waals surface area contributed by atoms with Crippen LogP contribution in [0.15, 0.2) is 22.6 Å². The lowest BCUT2D eigenvalue weighted by Crippen LogP contribution is -2.44. The molecule has 2 N–H and O–H groups in total. The van der Waals surface area contributed by atoms with Gasteiger partial charge in [-0.2, -0.15) is 5.48 Å². The van der Waals surface area contributed by atoms with Crippen molar-refractivity contribution in [3.63, 3.8) is 0 Å². The van der Waals surface area contributed by atoms with Gasteiger partial charge in [-0.05, 0) is 50.3 Å². The van der Waals surface area contributed by atoms with Crippen molar-refractivity contribution in [2.24, 2.45) is 5.92 Å².